The number of rotatable bonds is 2. The van der Waals surface area contributed by atoms with E-state index in [2.05, 4.69) is 49.4 Å². The predicted octanol–water partition coefficient (Wildman–Crippen LogP) is 3.37. The molecule has 0 radical (unpaired) electrons. The Hall–Kier alpha value is -1.60. The van der Waals surface area contributed by atoms with Gasteiger partial charge in [0.15, 0.2) is 0 Å². The summed E-state index contributed by atoms with van der Waals surface area (Å²) in [7, 11) is 0. The van der Waals surface area contributed by atoms with Crippen LogP contribution in [0, 0.1) is 6.92 Å². The van der Waals surface area contributed by atoms with Crippen LogP contribution in [0.5, 0.6) is 0 Å². The van der Waals surface area contributed by atoms with E-state index in [1.54, 1.807) is 0 Å². The first kappa shape index (κ1) is 11.5. The molecule has 18 heavy (non-hydrogen) atoms. The molecule has 2 aromatic rings. The number of aliphatic hydroxyl groups is 1. The lowest BCUT2D eigenvalue weighted by Gasteiger charge is -2.24. The fraction of sp³-hybridized carbons (Fsp3) is 0.294. The van der Waals surface area contributed by atoms with Gasteiger partial charge in [-0.05, 0) is 36.5 Å². The lowest BCUT2D eigenvalue weighted by Crippen LogP contribution is -2.25. The van der Waals surface area contributed by atoms with Gasteiger partial charge in [0.2, 0.25) is 0 Å². The molecule has 1 atom stereocenters. The molecule has 0 bridgehead atoms. The molecular formula is C17H18O. The first-order valence-corrected chi connectivity index (χ1v) is 6.54. The van der Waals surface area contributed by atoms with Crippen molar-refractivity contribution in [3.8, 4) is 0 Å². The Morgan fingerprint density at radius 2 is 1.94 bits per heavy atom. The van der Waals surface area contributed by atoms with Gasteiger partial charge in [0, 0.05) is 6.42 Å². The number of aryl methyl sites for hydroxylation is 2. The summed E-state index contributed by atoms with van der Waals surface area (Å²) in [5.74, 6) is 0. The van der Waals surface area contributed by atoms with Gasteiger partial charge in [-0.1, -0.05) is 54.1 Å². The van der Waals surface area contributed by atoms with E-state index >= 15 is 0 Å². The molecule has 1 N–H and O–H groups in total. The molecule has 0 aliphatic heterocycles. The number of hydrogen-bond donors (Lipinski definition) is 1. The van der Waals surface area contributed by atoms with Crippen LogP contribution in [-0.4, -0.2) is 5.11 Å². The van der Waals surface area contributed by atoms with Gasteiger partial charge >= 0.3 is 0 Å². The monoisotopic (exact) mass is 238 g/mol. The molecule has 1 unspecified atom stereocenters. The summed E-state index contributed by atoms with van der Waals surface area (Å²) in [6.07, 6.45) is 2.53. The molecule has 2 aromatic carbocycles. The van der Waals surface area contributed by atoms with Crippen LogP contribution in [0.3, 0.4) is 0 Å². The topological polar surface area (TPSA) is 20.2 Å². The van der Waals surface area contributed by atoms with Crippen LogP contribution in [0.25, 0.3) is 0 Å². The van der Waals surface area contributed by atoms with Gasteiger partial charge < -0.3 is 5.11 Å². The van der Waals surface area contributed by atoms with Gasteiger partial charge in [0.25, 0.3) is 0 Å². The van der Waals surface area contributed by atoms with Crippen LogP contribution in [-0.2, 0) is 18.4 Å². The minimum Gasteiger partial charge on any atom is -0.385 e. The summed E-state index contributed by atoms with van der Waals surface area (Å²) in [6.45, 7) is 2.09. The van der Waals surface area contributed by atoms with Crippen LogP contribution in [0.4, 0.5) is 0 Å². The van der Waals surface area contributed by atoms with E-state index in [-0.39, 0.29) is 0 Å². The molecule has 0 aromatic heterocycles. The number of hydrogen-bond acceptors (Lipinski definition) is 1. The van der Waals surface area contributed by atoms with Crippen LogP contribution in [0.2, 0.25) is 0 Å². The maximum absolute atomic E-state index is 10.9. The number of fused-ring (bicyclic) bond motifs is 1. The van der Waals surface area contributed by atoms with E-state index < -0.39 is 5.60 Å². The van der Waals surface area contributed by atoms with E-state index in [1.807, 2.05) is 6.07 Å². The Morgan fingerprint density at radius 3 is 2.78 bits per heavy atom. The highest BCUT2D eigenvalue weighted by molar-refractivity contribution is 5.39. The van der Waals surface area contributed by atoms with E-state index in [0.29, 0.717) is 6.42 Å². The summed E-state index contributed by atoms with van der Waals surface area (Å²) in [5, 5.41) is 10.9. The SMILES string of the molecule is Cc1cccc(CC2(O)CCc3ccccc32)c1. The van der Waals surface area contributed by atoms with Crippen molar-refractivity contribution in [3.05, 3.63) is 70.8 Å². The van der Waals surface area contributed by atoms with Crippen LogP contribution in [0.1, 0.15) is 28.7 Å². The average molecular weight is 238 g/mol. The van der Waals surface area contributed by atoms with Gasteiger partial charge in [0.1, 0.15) is 0 Å². The molecule has 1 aliphatic rings. The maximum Gasteiger partial charge on any atom is 0.0942 e. The third-order valence-electron chi connectivity index (χ3n) is 3.91. The largest absolute Gasteiger partial charge is 0.385 e. The second-order valence-electron chi connectivity index (χ2n) is 5.35. The van der Waals surface area contributed by atoms with E-state index in [4.69, 9.17) is 0 Å². The lowest BCUT2D eigenvalue weighted by molar-refractivity contribution is 0.0389. The van der Waals surface area contributed by atoms with Gasteiger partial charge in [-0.3, -0.25) is 0 Å². The molecule has 0 spiro atoms. The minimum absolute atomic E-state index is 0.676. The molecular weight excluding hydrogens is 220 g/mol. The first-order chi connectivity index (χ1) is 8.67. The van der Waals surface area contributed by atoms with E-state index in [1.165, 1.54) is 16.7 Å². The molecule has 1 nitrogen and oxygen atoms in total. The zero-order chi connectivity index (χ0) is 12.6. The second-order valence-corrected chi connectivity index (χ2v) is 5.35. The van der Waals surface area contributed by atoms with Crippen molar-refractivity contribution >= 4 is 0 Å². The lowest BCUT2D eigenvalue weighted by atomic mass is 9.88. The van der Waals surface area contributed by atoms with Crippen molar-refractivity contribution in [1.29, 1.82) is 0 Å². The smallest absolute Gasteiger partial charge is 0.0942 e. The van der Waals surface area contributed by atoms with Crippen molar-refractivity contribution in [1.82, 2.24) is 0 Å². The van der Waals surface area contributed by atoms with Gasteiger partial charge in [0.05, 0.1) is 5.60 Å². The Balaban J connectivity index is 1.94. The standard InChI is InChI=1S/C17H18O/c1-13-5-4-6-14(11-13)12-17(18)10-9-15-7-2-3-8-16(15)17/h2-8,11,18H,9-10,12H2,1H3. The molecule has 0 amide bonds. The number of benzene rings is 2. The van der Waals surface area contributed by atoms with Gasteiger partial charge in [-0.15, -0.1) is 0 Å². The van der Waals surface area contributed by atoms with Crippen LogP contribution < -0.4 is 0 Å². The van der Waals surface area contributed by atoms with Crippen LogP contribution >= 0.6 is 0 Å². The van der Waals surface area contributed by atoms with Gasteiger partial charge in [-0.2, -0.15) is 0 Å². The zero-order valence-corrected chi connectivity index (χ0v) is 10.7. The van der Waals surface area contributed by atoms with E-state index in [0.717, 1.165) is 18.4 Å². The van der Waals surface area contributed by atoms with E-state index in [9.17, 15) is 5.11 Å². The van der Waals surface area contributed by atoms with Crippen molar-refractivity contribution in [3.63, 3.8) is 0 Å². The highest BCUT2D eigenvalue weighted by atomic mass is 16.3. The van der Waals surface area contributed by atoms with Crippen molar-refractivity contribution in [2.45, 2.75) is 31.8 Å². The molecule has 1 aliphatic carbocycles. The highest BCUT2D eigenvalue weighted by Gasteiger charge is 2.36. The third kappa shape index (κ3) is 1.95. The van der Waals surface area contributed by atoms with Crippen molar-refractivity contribution in [2.75, 3.05) is 0 Å². The quantitative estimate of drug-likeness (QED) is 0.850. The van der Waals surface area contributed by atoms with Crippen molar-refractivity contribution < 1.29 is 5.11 Å². The Morgan fingerprint density at radius 1 is 1.11 bits per heavy atom. The molecule has 3 rings (SSSR count). The van der Waals surface area contributed by atoms with Crippen molar-refractivity contribution in [2.24, 2.45) is 0 Å². The van der Waals surface area contributed by atoms with Crippen LogP contribution in [0.15, 0.2) is 48.5 Å². The summed E-state index contributed by atoms with van der Waals surface area (Å²) in [5.41, 5.74) is 4.21. The molecule has 92 valence electrons. The first-order valence-electron chi connectivity index (χ1n) is 6.54. The fourth-order valence-electron chi connectivity index (χ4n) is 3.01. The predicted molar refractivity (Wildman–Crippen MR) is 73.5 cm³/mol. The van der Waals surface area contributed by atoms with Gasteiger partial charge in [-0.25, -0.2) is 0 Å². The highest BCUT2D eigenvalue weighted by Crippen LogP contribution is 2.39. The minimum atomic E-state index is -0.676. The Kier molecular flexibility index (Phi) is 2.71. The summed E-state index contributed by atoms with van der Waals surface area (Å²) in [6, 6.07) is 16.7. The summed E-state index contributed by atoms with van der Waals surface area (Å²) in [4.78, 5) is 0. The zero-order valence-electron chi connectivity index (χ0n) is 10.7. The molecule has 0 saturated heterocycles. The molecule has 1 heteroatoms. The Bertz CT molecular complexity index is 573. The molecule has 0 heterocycles. The second kappa shape index (κ2) is 4.25. The fourth-order valence-corrected chi connectivity index (χ4v) is 3.01. The maximum atomic E-state index is 10.9. The third-order valence-corrected chi connectivity index (χ3v) is 3.91. The average Bonchev–Trinajstić information content (AvgIpc) is 2.68. The Labute approximate surface area is 108 Å². The molecule has 0 fully saturated rings. The summed E-state index contributed by atoms with van der Waals surface area (Å²) < 4.78 is 0. The summed E-state index contributed by atoms with van der Waals surface area (Å²) >= 11 is 0. The normalized spacial score (nSPS) is 21.9. The molecule has 0 saturated carbocycles.